The summed E-state index contributed by atoms with van der Waals surface area (Å²) in [6.45, 7) is 8.79. The molecule has 192 valence electrons. The van der Waals surface area contributed by atoms with Gasteiger partial charge in [0, 0.05) is 30.6 Å². The van der Waals surface area contributed by atoms with Crippen molar-refractivity contribution in [1.29, 1.82) is 0 Å². The molecule has 4 rings (SSSR count). The SMILES string of the molecule is C=CCn1c(N)nc2cc(C(N)=O)cc(OCCCOc3cc(C(N)=O)cc4nc(N)n(CC=C)c34)c21. The average molecular weight is 505 g/mol. The standard InChI is InChI=1S/C25H28N8O4/c1-3-6-32-20-16(30-24(32)28)10-14(22(26)34)12-18(20)36-8-5-9-37-19-13-15(23(27)35)11-17-21(19)33(7-4-2)25(29)31-17/h3-4,10-13H,1-2,5-9H2,(H2,26,34)(H2,27,35)(H2,28,30)(H2,29,31). The first kappa shape index (κ1) is 25.1. The van der Waals surface area contributed by atoms with E-state index >= 15 is 0 Å². The Labute approximate surface area is 212 Å². The molecule has 8 N–H and O–H groups in total. The number of nitrogens with zero attached hydrogens (tertiary/aromatic N) is 4. The highest BCUT2D eigenvalue weighted by Crippen LogP contribution is 2.31. The van der Waals surface area contributed by atoms with Gasteiger partial charge < -0.3 is 41.5 Å². The Hall–Kier alpha value is -5.00. The molecule has 2 amide bonds. The maximum atomic E-state index is 11.8. The lowest BCUT2D eigenvalue weighted by atomic mass is 10.1. The number of allylic oxidation sites excluding steroid dienone is 2. The van der Waals surface area contributed by atoms with Crippen LogP contribution in [0.15, 0.2) is 49.6 Å². The first-order valence-corrected chi connectivity index (χ1v) is 11.4. The molecule has 2 aromatic heterocycles. The highest BCUT2D eigenvalue weighted by Gasteiger charge is 2.18. The summed E-state index contributed by atoms with van der Waals surface area (Å²) in [6, 6.07) is 6.25. The fourth-order valence-electron chi connectivity index (χ4n) is 4.05. The molecule has 0 aliphatic heterocycles. The van der Waals surface area contributed by atoms with Crippen LogP contribution in [-0.4, -0.2) is 44.1 Å². The number of primary amides is 2. The molecule has 4 aromatic rings. The van der Waals surface area contributed by atoms with Gasteiger partial charge in [0.2, 0.25) is 23.7 Å². The number of imidazole rings is 2. The third-order valence-electron chi connectivity index (χ3n) is 5.67. The minimum absolute atomic E-state index is 0.239. The van der Waals surface area contributed by atoms with Crippen molar-refractivity contribution in [2.45, 2.75) is 19.5 Å². The molecule has 0 fully saturated rings. The van der Waals surface area contributed by atoms with Gasteiger partial charge in [0.05, 0.1) is 24.2 Å². The summed E-state index contributed by atoms with van der Waals surface area (Å²) < 4.78 is 15.5. The summed E-state index contributed by atoms with van der Waals surface area (Å²) in [5, 5.41) is 0. The van der Waals surface area contributed by atoms with Gasteiger partial charge in [0.15, 0.2) is 0 Å². The second-order valence-corrected chi connectivity index (χ2v) is 8.20. The number of amides is 2. The predicted molar refractivity (Wildman–Crippen MR) is 141 cm³/mol. The topological polar surface area (TPSA) is 192 Å². The number of carbonyl (C=O) groups is 2. The molecule has 2 heterocycles. The molecule has 0 aliphatic rings. The van der Waals surface area contributed by atoms with Crippen molar-refractivity contribution < 1.29 is 19.1 Å². The molecule has 0 saturated carbocycles. The van der Waals surface area contributed by atoms with Gasteiger partial charge in [-0.1, -0.05) is 12.2 Å². The Morgan fingerprint density at radius 2 is 1.19 bits per heavy atom. The van der Waals surface area contributed by atoms with Crippen molar-refractivity contribution >= 4 is 45.8 Å². The number of hydrogen-bond acceptors (Lipinski definition) is 8. The summed E-state index contributed by atoms with van der Waals surface area (Å²) in [5.74, 6) is 0.123. The molecule has 12 nitrogen and oxygen atoms in total. The fraction of sp³-hybridized carbons (Fsp3) is 0.200. The third kappa shape index (κ3) is 4.89. The van der Waals surface area contributed by atoms with Crippen molar-refractivity contribution in [3.63, 3.8) is 0 Å². The Morgan fingerprint density at radius 1 is 0.784 bits per heavy atom. The van der Waals surface area contributed by atoms with E-state index in [-0.39, 0.29) is 36.2 Å². The van der Waals surface area contributed by atoms with Gasteiger partial charge in [-0.25, -0.2) is 9.97 Å². The fourth-order valence-corrected chi connectivity index (χ4v) is 4.05. The molecule has 0 unspecified atom stereocenters. The van der Waals surface area contributed by atoms with Crippen molar-refractivity contribution in [1.82, 2.24) is 19.1 Å². The molecule has 0 aliphatic carbocycles. The molecule has 37 heavy (non-hydrogen) atoms. The van der Waals surface area contributed by atoms with Gasteiger partial charge in [-0.3, -0.25) is 9.59 Å². The second kappa shape index (κ2) is 10.3. The normalized spacial score (nSPS) is 11.0. The van der Waals surface area contributed by atoms with Crippen molar-refractivity contribution in [3.8, 4) is 11.5 Å². The third-order valence-corrected chi connectivity index (χ3v) is 5.67. The number of fused-ring (bicyclic) bond motifs is 2. The molecule has 0 spiro atoms. The Morgan fingerprint density at radius 3 is 1.54 bits per heavy atom. The number of nitrogens with two attached hydrogens (primary N) is 4. The lowest BCUT2D eigenvalue weighted by Crippen LogP contribution is -2.13. The van der Waals surface area contributed by atoms with E-state index in [1.165, 1.54) is 0 Å². The van der Waals surface area contributed by atoms with E-state index in [2.05, 4.69) is 23.1 Å². The van der Waals surface area contributed by atoms with Crippen LogP contribution < -0.4 is 32.4 Å². The van der Waals surface area contributed by atoms with E-state index in [1.807, 2.05) is 0 Å². The van der Waals surface area contributed by atoms with Crippen LogP contribution in [0.25, 0.3) is 22.1 Å². The Kier molecular flexibility index (Phi) is 7.00. The van der Waals surface area contributed by atoms with Gasteiger partial charge in [-0.05, 0) is 24.3 Å². The summed E-state index contributed by atoms with van der Waals surface area (Å²) in [4.78, 5) is 32.3. The van der Waals surface area contributed by atoms with E-state index in [9.17, 15) is 9.59 Å². The summed E-state index contributed by atoms with van der Waals surface area (Å²) >= 11 is 0. The van der Waals surface area contributed by atoms with Crippen molar-refractivity contribution in [2.75, 3.05) is 24.7 Å². The zero-order chi connectivity index (χ0) is 26.7. The van der Waals surface area contributed by atoms with Crippen LogP contribution in [0, 0.1) is 0 Å². The Balaban J connectivity index is 1.54. The van der Waals surface area contributed by atoms with Crippen LogP contribution in [0.5, 0.6) is 11.5 Å². The van der Waals surface area contributed by atoms with Crippen LogP contribution in [0.1, 0.15) is 27.1 Å². The second-order valence-electron chi connectivity index (χ2n) is 8.20. The lowest BCUT2D eigenvalue weighted by Gasteiger charge is -2.13. The summed E-state index contributed by atoms with van der Waals surface area (Å²) in [7, 11) is 0. The highest BCUT2D eigenvalue weighted by atomic mass is 16.5. The first-order chi connectivity index (χ1) is 17.7. The molecular formula is C25H28N8O4. The van der Waals surface area contributed by atoms with E-state index in [4.69, 9.17) is 32.4 Å². The molecule has 0 atom stereocenters. The monoisotopic (exact) mass is 504 g/mol. The van der Waals surface area contributed by atoms with Gasteiger partial charge in [0.1, 0.15) is 22.5 Å². The number of rotatable bonds is 12. The number of nitrogen functional groups attached to an aromatic ring is 2. The number of anilines is 2. The van der Waals surface area contributed by atoms with Crippen LogP contribution in [0.4, 0.5) is 11.9 Å². The summed E-state index contributed by atoms with van der Waals surface area (Å²) in [6.07, 6.45) is 3.82. The number of hydrogen-bond donors (Lipinski definition) is 4. The van der Waals surface area contributed by atoms with E-state index in [1.54, 1.807) is 45.6 Å². The van der Waals surface area contributed by atoms with Gasteiger partial charge in [0.25, 0.3) is 0 Å². The van der Waals surface area contributed by atoms with Crippen LogP contribution in [0.3, 0.4) is 0 Å². The molecule has 12 heteroatoms. The number of carbonyl (C=O) groups excluding carboxylic acids is 2. The maximum absolute atomic E-state index is 11.8. The molecular weight excluding hydrogens is 476 g/mol. The number of ether oxygens (including phenoxy) is 2. The zero-order valence-corrected chi connectivity index (χ0v) is 20.1. The van der Waals surface area contributed by atoms with Gasteiger partial charge in [-0.2, -0.15) is 0 Å². The van der Waals surface area contributed by atoms with Crippen LogP contribution >= 0.6 is 0 Å². The molecule has 0 saturated heterocycles. The summed E-state index contributed by atoms with van der Waals surface area (Å²) in [5.41, 5.74) is 25.8. The predicted octanol–water partition coefficient (Wildman–Crippen LogP) is 1.97. The van der Waals surface area contributed by atoms with Crippen molar-refractivity contribution in [2.24, 2.45) is 11.5 Å². The van der Waals surface area contributed by atoms with Crippen molar-refractivity contribution in [3.05, 3.63) is 60.7 Å². The number of aromatic nitrogens is 4. The highest BCUT2D eigenvalue weighted by molar-refractivity contribution is 5.99. The van der Waals surface area contributed by atoms with Gasteiger partial charge in [-0.15, -0.1) is 13.2 Å². The molecule has 0 bridgehead atoms. The molecule has 0 radical (unpaired) electrons. The zero-order valence-electron chi connectivity index (χ0n) is 20.1. The van der Waals surface area contributed by atoms with Crippen LogP contribution in [-0.2, 0) is 13.1 Å². The average Bonchev–Trinajstić information content (AvgIpc) is 3.34. The number of benzene rings is 2. The molecule has 2 aromatic carbocycles. The minimum Gasteiger partial charge on any atom is -0.491 e. The van der Waals surface area contributed by atoms with Gasteiger partial charge >= 0.3 is 0 Å². The largest absolute Gasteiger partial charge is 0.491 e. The van der Waals surface area contributed by atoms with E-state index in [0.717, 1.165) is 0 Å². The maximum Gasteiger partial charge on any atom is 0.248 e. The van der Waals surface area contributed by atoms with Crippen LogP contribution in [0.2, 0.25) is 0 Å². The quantitative estimate of drug-likeness (QED) is 0.166. The van der Waals surface area contributed by atoms with E-state index in [0.29, 0.717) is 53.1 Å². The van der Waals surface area contributed by atoms with E-state index < -0.39 is 11.8 Å². The first-order valence-electron chi connectivity index (χ1n) is 11.4. The Bertz CT molecular complexity index is 1420. The smallest absolute Gasteiger partial charge is 0.248 e. The lowest BCUT2D eigenvalue weighted by molar-refractivity contribution is 0.0991. The minimum atomic E-state index is -0.610.